The molecule has 0 spiro atoms. The second kappa shape index (κ2) is 10.6. The van der Waals surface area contributed by atoms with E-state index in [9.17, 15) is 9.59 Å². The molecule has 1 amide bonds. The molecule has 178 valence electrons. The SMILES string of the molecule is COc1cc2ncnc(Nc3cccc(C#N)c3)c2cc1NC(=O)C=CCN1CC(=O)OC(C)C1. The predicted octanol–water partition coefficient (Wildman–Crippen LogP) is 3.00. The van der Waals surface area contributed by atoms with E-state index >= 15 is 0 Å². The molecule has 0 aliphatic carbocycles. The van der Waals surface area contributed by atoms with Gasteiger partial charge in [0.15, 0.2) is 0 Å². The third-order valence-electron chi connectivity index (χ3n) is 5.30. The molecule has 1 unspecified atom stereocenters. The van der Waals surface area contributed by atoms with E-state index in [1.807, 2.05) is 17.9 Å². The molecule has 2 N–H and O–H groups in total. The van der Waals surface area contributed by atoms with E-state index < -0.39 is 0 Å². The number of methoxy groups -OCH3 is 1. The number of carbonyl (C=O) groups is 2. The van der Waals surface area contributed by atoms with Crippen LogP contribution in [0.25, 0.3) is 10.9 Å². The summed E-state index contributed by atoms with van der Waals surface area (Å²) in [5.41, 5.74) is 2.29. The van der Waals surface area contributed by atoms with Gasteiger partial charge in [0.1, 0.15) is 24.0 Å². The van der Waals surface area contributed by atoms with E-state index in [-0.39, 0.29) is 24.5 Å². The highest BCUT2D eigenvalue weighted by molar-refractivity contribution is 6.03. The number of esters is 1. The molecule has 10 nitrogen and oxygen atoms in total. The van der Waals surface area contributed by atoms with Gasteiger partial charge in [0.2, 0.25) is 5.91 Å². The van der Waals surface area contributed by atoms with Crippen molar-refractivity contribution in [3.63, 3.8) is 0 Å². The highest BCUT2D eigenvalue weighted by Gasteiger charge is 2.22. The maximum atomic E-state index is 12.6. The molecule has 2 heterocycles. The average Bonchev–Trinajstić information content (AvgIpc) is 2.83. The second-order valence-corrected chi connectivity index (χ2v) is 8.00. The van der Waals surface area contributed by atoms with E-state index in [0.29, 0.717) is 52.5 Å². The van der Waals surface area contributed by atoms with Gasteiger partial charge in [0.25, 0.3) is 0 Å². The van der Waals surface area contributed by atoms with Gasteiger partial charge in [-0.1, -0.05) is 12.1 Å². The molecule has 0 bridgehead atoms. The van der Waals surface area contributed by atoms with E-state index in [1.54, 1.807) is 36.4 Å². The summed E-state index contributed by atoms with van der Waals surface area (Å²) in [4.78, 5) is 34.7. The third kappa shape index (κ3) is 5.90. The Morgan fingerprint density at radius 1 is 1.34 bits per heavy atom. The van der Waals surface area contributed by atoms with E-state index in [1.165, 1.54) is 19.5 Å². The largest absolute Gasteiger partial charge is 0.494 e. The molecule has 1 aromatic heterocycles. The Morgan fingerprint density at radius 2 is 2.20 bits per heavy atom. The fraction of sp³-hybridized carbons (Fsp3) is 0.240. The van der Waals surface area contributed by atoms with Gasteiger partial charge < -0.3 is 20.1 Å². The van der Waals surface area contributed by atoms with Crippen molar-refractivity contribution in [2.45, 2.75) is 13.0 Å². The lowest BCUT2D eigenvalue weighted by atomic mass is 10.1. The summed E-state index contributed by atoms with van der Waals surface area (Å²) < 4.78 is 10.6. The zero-order chi connectivity index (χ0) is 24.8. The van der Waals surface area contributed by atoms with Gasteiger partial charge in [-0.3, -0.25) is 14.5 Å². The van der Waals surface area contributed by atoms with Crippen molar-refractivity contribution in [3.8, 4) is 11.8 Å². The van der Waals surface area contributed by atoms with Crippen LogP contribution in [0, 0.1) is 11.3 Å². The molecular weight excluding hydrogens is 448 g/mol. The van der Waals surface area contributed by atoms with Crippen LogP contribution in [-0.4, -0.2) is 59.6 Å². The van der Waals surface area contributed by atoms with Crippen molar-refractivity contribution in [1.29, 1.82) is 5.26 Å². The van der Waals surface area contributed by atoms with Crippen molar-refractivity contribution in [3.05, 3.63) is 60.4 Å². The summed E-state index contributed by atoms with van der Waals surface area (Å²) in [6.07, 6.45) is 4.37. The molecule has 4 rings (SSSR count). The first-order chi connectivity index (χ1) is 16.9. The Balaban J connectivity index is 1.52. The molecule has 3 aromatic rings. The number of hydrogen-bond acceptors (Lipinski definition) is 9. The number of rotatable bonds is 7. The number of amides is 1. The quantitative estimate of drug-likeness (QED) is 0.394. The number of anilines is 3. The number of nitrogens with zero attached hydrogens (tertiary/aromatic N) is 4. The summed E-state index contributed by atoms with van der Waals surface area (Å²) in [6.45, 7) is 3.09. The molecule has 2 aromatic carbocycles. The van der Waals surface area contributed by atoms with Gasteiger partial charge in [-0.2, -0.15) is 5.26 Å². The Labute approximate surface area is 202 Å². The number of fused-ring (bicyclic) bond motifs is 1. The Hall–Kier alpha value is -4.49. The number of morpholine rings is 1. The minimum absolute atomic E-state index is 0.173. The first kappa shape index (κ1) is 23.7. The lowest BCUT2D eigenvalue weighted by Crippen LogP contribution is -2.44. The van der Waals surface area contributed by atoms with Crippen LogP contribution >= 0.6 is 0 Å². The molecule has 1 fully saturated rings. The zero-order valence-electron chi connectivity index (χ0n) is 19.3. The Kier molecular flexibility index (Phi) is 7.18. The summed E-state index contributed by atoms with van der Waals surface area (Å²) in [5, 5.41) is 15.8. The monoisotopic (exact) mass is 472 g/mol. The van der Waals surface area contributed by atoms with Crippen LogP contribution in [0.3, 0.4) is 0 Å². The fourth-order valence-electron chi connectivity index (χ4n) is 3.79. The lowest BCUT2D eigenvalue weighted by Gasteiger charge is -2.29. The van der Waals surface area contributed by atoms with Crippen LogP contribution in [-0.2, 0) is 14.3 Å². The van der Waals surface area contributed by atoms with E-state index in [2.05, 4.69) is 26.7 Å². The average molecular weight is 473 g/mol. The molecule has 1 saturated heterocycles. The predicted molar refractivity (Wildman–Crippen MR) is 130 cm³/mol. The number of cyclic esters (lactones) is 1. The van der Waals surface area contributed by atoms with Gasteiger partial charge in [-0.05, 0) is 31.2 Å². The van der Waals surface area contributed by atoms with E-state index in [4.69, 9.17) is 14.7 Å². The molecule has 0 saturated carbocycles. The van der Waals surface area contributed by atoms with Crippen LogP contribution in [0.15, 0.2) is 54.9 Å². The summed E-state index contributed by atoms with van der Waals surface area (Å²) >= 11 is 0. The zero-order valence-corrected chi connectivity index (χ0v) is 19.3. The standard InChI is InChI=1S/C25H24N6O4/c1-16-13-31(14-24(33)35-16)8-4-7-23(32)30-21-10-19-20(11-22(21)34-2)27-15-28-25(19)29-18-6-3-5-17(9-18)12-26/h3-7,9-11,15-16H,8,13-14H2,1-2H3,(H,30,32)(H,27,28,29). The minimum atomic E-state index is -0.344. The Bertz CT molecular complexity index is 1330. The molecular formula is C25H24N6O4. The normalized spacial score (nSPS) is 16.0. The topological polar surface area (TPSA) is 129 Å². The number of carbonyl (C=O) groups excluding carboxylic acids is 2. The molecule has 35 heavy (non-hydrogen) atoms. The number of nitriles is 1. The summed E-state index contributed by atoms with van der Waals surface area (Å²) in [5.74, 6) is 0.352. The fourth-order valence-corrected chi connectivity index (χ4v) is 3.79. The number of aromatic nitrogens is 2. The first-order valence-electron chi connectivity index (χ1n) is 10.9. The first-order valence-corrected chi connectivity index (χ1v) is 10.9. The lowest BCUT2D eigenvalue weighted by molar-refractivity contribution is -0.156. The van der Waals surface area contributed by atoms with Gasteiger partial charge in [0.05, 0.1) is 36.5 Å². The maximum absolute atomic E-state index is 12.6. The third-order valence-corrected chi connectivity index (χ3v) is 5.30. The molecule has 1 aliphatic rings. The van der Waals surface area contributed by atoms with Crippen LogP contribution in [0.2, 0.25) is 0 Å². The van der Waals surface area contributed by atoms with Gasteiger partial charge in [-0.15, -0.1) is 0 Å². The number of benzene rings is 2. The molecule has 0 radical (unpaired) electrons. The maximum Gasteiger partial charge on any atom is 0.320 e. The van der Waals surface area contributed by atoms with Crippen molar-refractivity contribution < 1.29 is 19.1 Å². The second-order valence-electron chi connectivity index (χ2n) is 8.00. The van der Waals surface area contributed by atoms with Crippen molar-refractivity contribution in [2.24, 2.45) is 0 Å². The van der Waals surface area contributed by atoms with Gasteiger partial charge in [0, 0.05) is 36.3 Å². The van der Waals surface area contributed by atoms with Crippen LogP contribution in [0.1, 0.15) is 12.5 Å². The number of ether oxygens (including phenoxy) is 2. The summed E-state index contributed by atoms with van der Waals surface area (Å²) in [6, 6.07) is 12.6. The van der Waals surface area contributed by atoms with Crippen LogP contribution in [0.5, 0.6) is 5.75 Å². The number of hydrogen-bond donors (Lipinski definition) is 2. The van der Waals surface area contributed by atoms with E-state index in [0.717, 1.165) is 0 Å². The Morgan fingerprint density at radius 3 is 2.97 bits per heavy atom. The number of nitrogens with one attached hydrogen (secondary N) is 2. The van der Waals surface area contributed by atoms with Crippen molar-refractivity contribution in [2.75, 3.05) is 37.4 Å². The van der Waals surface area contributed by atoms with Crippen LogP contribution in [0.4, 0.5) is 17.2 Å². The van der Waals surface area contributed by atoms with Gasteiger partial charge in [-0.25, -0.2) is 9.97 Å². The molecule has 10 heteroatoms. The van der Waals surface area contributed by atoms with Crippen LogP contribution < -0.4 is 15.4 Å². The van der Waals surface area contributed by atoms with Crippen molar-refractivity contribution >= 4 is 40.0 Å². The highest BCUT2D eigenvalue weighted by Crippen LogP contribution is 2.33. The minimum Gasteiger partial charge on any atom is -0.494 e. The van der Waals surface area contributed by atoms with Gasteiger partial charge >= 0.3 is 5.97 Å². The summed E-state index contributed by atoms with van der Waals surface area (Å²) in [7, 11) is 1.51. The molecule has 1 aliphatic heterocycles. The highest BCUT2D eigenvalue weighted by atomic mass is 16.5. The van der Waals surface area contributed by atoms with Crippen molar-refractivity contribution in [1.82, 2.24) is 14.9 Å². The molecule has 1 atom stereocenters. The smallest absolute Gasteiger partial charge is 0.320 e.